The molecule has 0 amide bonds. The van der Waals surface area contributed by atoms with E-state index in [1.165, 1.54) is 70.6 Å². The van der Waals surface area contributed by atoms with Crippen LogP contribution in [0.25, 0.3) is 0 Å². The van der Waals surface area contributed by atoms with Crippen LogP contribution in [-0.4, -0.2) is 5.97 Å². The van der Waals surface area contributed by atoms with E-state index in [1.54, 1.807) is 0 Å². The van der Waals surface area contributed by atoms with Gasteiger partial charge in [0, 0.05) is 0 Å². The van der Waals surface area contributed by atoms with Crippen LogP contribution in [0.1, 0.15) is 159 Å². The van der Waals surface area contributed by atoms with Crippen molar-refractivity contribution in [3.63, 3.8) is 0 Å². The molecule has 1 aromatic rings. The third-order valence-corrected chi connectivity index (χ3v) is 12.0. The maximum Gasteiger partial charge on any atom is 0.317 e. The number of carbonyl (C=O) groups excluding carboxylic acids is 1. The lowest BCUT2D eigenvalue weighted by molar-refractivity contribution is -0.156. The Bertz CT molecular complexity index is 1100. The second-order valence-corrected chi connectivity index (χ2v) is 13.9. The van der Waals surface area contributed by atoms with E-state index in [9.17, 15) is 15.3 Å². The Hall–Kier alpha value is -2.33. The van der Waals surface area contributed by atoms with Gasteiger partial charge in [-0.2, -0.15) is 10.5 Å². The number of unbranched alkanes of at least 4 members (excludes halogenated alkanes) is 4. The molecule has 6 aliphatic rings. The van der Waals surface area contributed by atoms with E-state index in [2.05, 4.69) is 26.0 Å². The molecule has 7 rings (SSSR count). The quantitative estimate of drug-likeness (QED) is 0.163. The number of rotatable bonds is 11. The molecule has 6 saturated carbocycles. The van der Waals surface area contributed by atoms with Gasteiger partial charge < -0.3 is 4.74 Å². The Balaban J connectivity index is 1.30. The number of nitrogens with zero attached hydrogens (tertiary/aromatic N) is 2. The minimum absolute atomic E-state index is 0.0156. The van der Waals surface area contributed by atoms with Gasteiger partial charge in [-0.3, -0.25) is 4.79 Å². The average molecular weight is 529 g/mol. The van der Waals surface area contributed by atoms with Crippen LogP contribution >= 0.6 is 0 Å². The Kier molecular flexibility index (Phi) is 8.15. The fourth-order valence-corrected chi connectivity index (χ4v) is 9.03. The minimum atomic E-state index is -0.419. The van der Waals surface area contributed by atoms with Gasteiger partial charge in [0.25, 0.3) is 0 Å². The zero-order chi connectivity index (χ0) is 27.6. The second-order valence-electron chi connectivity index (χ2n) is 13.9. The van der Waals surface area contributed by atoms with Gasteiger partial charge in [0.05, 0.1) is 11.0 Å². The van der Waals surface area contributed by atoms with Gasteiger partial charge in [-0.15, -0.1) is 0 Å². The minimum Gasteiger partial charge on any atom is -0.425 e. The molecular formula is C35H48N2O2. The van der Waals surface area contributed by atoms with Crippen LogP contribution in [0.4, 0.5) is 0 Å². The highest BCUT2D eigenvalue weighted by Gasteiger charge is 2.53. The van der Waals surface area contributed by atoms with Crippen molar-refractivity contribution in [2.45, 2.75) is 148 Å². The predicted molar refractivity (Wildman–Crippen MR) is 154 cm³/mol. The van der Waals surface area contributed by atoms with E-state index in [-0.39, 0.29) is 16.9 Å². The van der Waals surface area contributed by atoms with Crippen LogP contribution in [0.5, 0.6) is 5.75 Å². The van der Waals surface area contributed by atoms with Crippen LogP contribution in [0.15, 0.2) is 12.1 Å². The number of fused-ring (bicyclic) bond motifs is 6. The topological polar surface area (TPSA) is 73.9 Å². The van der Waals surface area contributed by atoms with Crippen LogP contribution in [0.3, 0.4) is 0 Å². The number of ether oxygens (including phenoxy) is 1. The summed E-state index contributed by atoms with van der Waals surface area (Å²) in [7, 11) is 0. The van der Waals surface area contributed by atoms with Gasteiger partial charge in [0.15, 0.2) is 0 Å². The van der Waals surface area contributed by atoms with Gasteiger partial charge >= 0.3 is 5.97 Å². The van der Waals surface area contributed by atoms with Crippen LogP contribution in [0.2, 0.25) is 0 Å². The van der Waals surface area contributed by atoms with Crippen molar-refractivity contribution in [1.82, 2.24) is 0 Å². The summed E-state index contributed by atoms with van der Waals surface area (Å²) in [5, 5.41) is 20.4. The Morgan fingerprint density at radius 3 is 1.67 bits per heavy atom. The van der Waals surface area contributed by atoms with E-state index in [1.807, 2.05) is 12.1 Å². The molecule has 0 N–H and O–H groups in total. The molecule has 0 spiro atoms. The van der Waals surface area contributed by atoms with Gasteiger partial charge in [0.2, 0.25) is 0 Å². The summed E-state index contributed by atoms with van der Waals surface area (Å²) in [5.41, 5.74) is 2.22. The maximum atomic E-state index is 13.6. The van der Waals surface area contributed by atoms with Crippen molar-refractivity contribution in [2.24, 2.45) is 16.2 Å². The summed E-state index contributed by atoms with van der Waals surface area (Å²) >= 11 is 0. The van der Waals surface area contributed by atoms with Crippen molar-refractivity contribution in [2.75, 3.05) is 0 Å². The molecule has 0 radical (unpaired) electrons. The monoisotopic (exact) mass is 528 g/mol. The zero-order valence-electron chi connectivity index (χ0n) is 24.5. The van der Waals surface area contributed by atoms with E-state index in [4.69, 9.17) is 4.74 Å². The molecule has 4 heteroatoms. The summed E-state index contributed by atoms with van der Waals surface area (Å²) in [6.07, 6.45) is 23.4. The molecule has 0 aliphatic heterocycles. The lowest BCUT2D eigenvalue weighted by Crippen LogP contribution is -2.47. The third-order valence-electron chi connectivity index (χ3n) is 12.0. The first-order chi connectivity index (χ1) is 18.9. The highest BCUT2D eigenvalue weighted by Crippen LogP contribution is 2.61. The molecule has 4 nitrogen and oxygen atoms in total. The SMILES string of the molecule is CCCCCC12CCC(C(=O)Oc3ccc(C45CCC(CCCCC)(CC4)CC5)c(C#N)c3C#N)(CC1)CC2. The van der Waals surface area contributed by atoms with E-state index in [0.29, 0.717) is 22.1 Å². The first kappa shape index (κ1) is 28.2. The van der Waals surface area contributed by atoms with Crippen molar-refractivity contribution < 1.29 is 9.53 Å². The molecule has 0 heterocycles. The van der Waals surface area contributed by atoms with E-state index >= 15 is 0 Å². The lowest BCUT2D eigenvalue weighted by Gasteiger charge is -2.54. The van der Waals surface area contributed by atoms with Crippen molar-refractivity contribution in [1.29, 1.82) is 10.5 Å². The number of carbonyl (C=O) groups is 1. The molecule has 39 heavy (non-hydrogen) atoms. The van der Waals surface area contributed by atoms with Crippen LogP contribution in [0, 0.1) is 38.9 Å². The molecule has 6 aliphatic carbocycles. The fourth-order valence-electron chi connectivity index (χ4n) is 9.03. The number of nitriles is 2. The van der Waals surface area contributed by atoms with Crippen molar-refractivity contribution >= 4 is 5.97 Å². The number of benzene rings is 1. The molecule has 0 aromatic heterocycles. The molecule has 0 atom stereocenters. The summed E-state index contributed by atoms with van der Waals surface area (Å²) < 4.78 is 6.05. The van der Waals surface area contributed by atoms with Crippen LogP contribution < -0.4 is 4.74 Å². The lowest BCUT2D eigenvalue weighted by atomic mass is 9.50. The first-order valence-corrected chi connectivity index (χ1v) is 16.1. The van der Waals surface area contributed by atoms with Gasteiger partial charge in [-0.25, -0.2) is 0 Å². The molecule has 6 fully saturated rings. The van der Waals surface area contributed by atoms with E-state index in [0.717, 1.165) is 63.4 Å². The predicted octanol–water partition coefficient (Wildman–Crippen LogP) is 9.43. The molecule has 0 saturated heterocycles. The average Bonchev–Trinajstić information content (AvgIpc) is 2.99. The molecular weight excluding hydrogens is 480 g/mol. The maximum absolute atomic E-state index is 13.6. The molecule has 210 valence electrons. The summed E-state index contributed by atoms with van der Waals surface area (Å²) in [5.74, 6) is 0.113. The fraction of sp³-hybridized carbons (Fsp3) is 0.743. The molecule has 4 bridgehead atoms. The van der Waals surface area contributed by atoms with Gasteiger partial charge in [0.1, 0.15) is 23.5 Å². The zero-order valence-corrected chi connectivity index (χ0v) is 24.5. The number of esters is 1. The van der Waals surface area contributed by atoms with Crippen molar-refractivity contribution in [3.05, 3.63) is 28.8 Å². The Morgan fingerprint density at radius 1 is 0.718 bits per heavy atom. The van der Waals surface area contributed by atoms with E-state index < -0.39 is 5.41 Å². The highest BCUT2D eigenvalue weighted by atomic mass is 16.5. The Labute approximate surface area is 236 Å². The smallest absolute Gasteiger partial charge is 0.317 e. The summed E-state index contributed by atoms with van der Waals surface area (Å²) in [4.78, 5) is 13.6. The number of hydrogen-bond donors (Lipinski definition) is 0. The summed E-state index contributed by atoms with van der Waals surface area (Å²) in [6, 6.07) is 8.51. The normalized spacial score (nSPS) is 32.9. The molecule has 0 unspecified atom stereocenters. The third kappa shape index (κ3) is 5.14. The largest absolute Gasteiger partial charge is 0.425 e. The van der Waals surface area contributed by atoms with Crippen molar-refractivity contribution in [3.8, 4) is 17.9 Å². The second kappa shape index (κ2) is 11.3. The molecule has 1 aromatic carbocycles. The number of hydrogen-bond acceptors (Lipinski definition) is 4. The van der Waals surface area contributed by atoms with Gasteiger partial charge in [-0.05, 0) is 118 Å². The highest BCUT2D eigenvalue weighted by molar-refractivity contribution is 5.81. The van der Waals surface area contributed by atoms with Crippen LogP contribution in [-0.2, 0) is 10.2 Å². The summed E-state index contributed by atoms with van der Waals surface area (Å²) in [6.45, 7) is 4.52. The Morgan fingerprint density at radius 2 is 1.21 bits per heavy atom. The van der Waals surface area contributed by atoms with Gasteiger partial charge in [-0.1, -0.05) is 58.4 Å². The standard InChI is InChI=1S/C35H48N2O2/c1-3-5-7-11-32-13-19-34(20-14-32,21-15-32)29-9-10-30(28(26-37)27(29)25-36)39-31(38)35-22-16-33(17-23-35,18-24-35)12-8-6-4-2/h9-10H,3-8,11-24H2,1-2H3. The first-order valence-electron chi connectivity index (χ1n) is 16.1.